The minimum atomic E-state index is 1.06. The van der Waals surface area contributed by atoms with E-state index in [0.29, 0.717) is 0 Å². The van der Waals surface area contributed by atoms with Gasteiger partial charge in [0.25, 0.3) is 0 Å². The number of rotatable bonds is 6. The Labute approximate surface area is 125 Å². The van der Waals surface area contributed by atoms with Gasteiger partial charge in [-0.2, -0.15) is 0 Å². The van der Waals surface area contributed by atoms with E-state index in [4.69, 9.17) is 0 Å². The number of benzene rings is 1. The van der Waals surface area contributed by atoms with Crippen LogP contribution in [0.2, 0.25) is 0 Å². The van der Waals surface area contributed by atoms with Gasteiger partial charge in [0, 0.05) is 0 Å². The van der Waals surface area contributed by atoms with E-state index in [0.717, 1.165) is 17.8 Å². The minimum absolute atomic E-state index is 1.06. The molecule has 0 heteroatoms. The van der Waals surface area contributed by atoms with E-state index >= 15 is 0 Å². The van der Waals surface area contributed by atoms with Crippen molar-refractivity contribution in [2.75, 3.05) is 0 Å². The van der Waals surface area contributed by atoms with Gasteiger partial charge in [0.15, 0.2) is 0 Å². The fourth-order valence-corrected chi connectivity index (χ4v) is 4.81. The average Bonchev–Trinajstić information content (AvgIpc) is 3.18. The van der Waals surface area contributed by atoms with E-state index in [-0.39, 0.29) is 0 Å². The molecule has 2 aliphatic rings. The molecule has 110 valence electrons. The molecule has 1 aromatic carbocycles. The van der Waals surface area contributed by atoms with E-state index in [2.05, 4.69) is 30.3 Å². The molecule has 0 bridgehead atoms. The van der Waals surface area contributed by atoms with E-state index in [1.165, 1.54) is 76.2 Å². The number of aryl methyl sites for hydroxylation is 1. The van der Waals surface area contributed by atoms with Crippen LogP contribution in [0.3, 0.4) is 0 Å². The third kappa shape index (κ3) is 3.65. The van der Waals surface area contributed by atoms with Gasteiger partial charge in [0.2, 0.25) is 0 Å². The fraction of sp³-hybridized carbons (Fsp3) is 0.700. The minimum Gasteiger partial charge on any atom is -0.0622 e. The molecule has 0 unspecified atom stereocenters. The Morgan fingerprint density at radius 1 is 0.800 bits per heavy atom. The monoisotopic (exact) mass is 270 g/mol. The summed E-state index contributed by atoms with van der Waals surface area (Å²) in [7, 11) is 0. The van der Waals surface area contributed by atoms with E-state index < -0.39 is 0 Å². The van der Waals surface area contributed by atoms with Crippen LogP contribution in [0.15, 0.2) is 30.3 Å². The molecule has 0 aliphatic heterocycles. The standard InChI is InChI=1S/C20H30/c1-2-9-17(10-3-1)11-8-16-20(18-12-4-5-13-18)19-14-6-7-15-19/h1-3,9-10,18-20H,4-8,11-16H2. The molecule has 0 nitrogen and oxygen atoms in total. The summed E-state index contributed by atoms with van der Waals surface area (Å²) in [6, 6.07) is 11.1. The SMILES string of the molecule is c1ccc(CCCC(C2CCCC2)C2CCCC2)cc1. The molecule has 1 aromatic rings. The van der Waals surface area contributed by atoms with Crippen molar-refractivity contribution in [2.45, 2.75) is 70.6 Å². The largest absolute Gasteiger partial charge is 0.0622 e. The summed E-state index contributed by atoms with van der Waals surface area (Å²) in [4.78, 5) is 0. The summed E-state index contributed by atoms with van der Waals surface area (Å²) in [6.45, 7) is 0. The lowest BCUT2D eigenvalue weighted by molar-refractivity contribution is 0.212. The highest BCUT2D eigenvalue weighted by atomic mass is 14.4. The van der Waals surface area contributed by atoms with Crippen molar-refractivity contribution < 1.29 is 0 Å². The van der Waals surface area contributed by atoms with Crippen LogP contribution in [-0.4, -0.2) is 0 Å². The smallest absolute Gasteiger partial charge is 0.0279 e. The molecule has 2 saturated carbocycles. The van der Waals surface area contributed by atoms with Crippen LogP contribution in [0.1, 0.15) is 69.8 Å². The highest BCUT2D eigenvalue weighted by Gasteiger charge is 2.32. The van der Waals surface area contributed by atoms with Crippen LogP contribution in [-0.2, 0) is 6.42 Å². The zero-order chi connectivity index (χ0) is 13.6. The zero-order valence-electron chi connectivity index (χ0n) is 12.9. The van der Waals surface area contributed by atoms with Crippen LogP contribution in [0.25, 0.3) is 0 Å². The Morgan fingerprint density at radius 2 is 1.35 bits per heavy atom. The van der Waals surface area contributed by atoms with Gasteiger partial charge in [0.05, 0.1) is 0 Å². The highest BCUT2D eigenvalue weighted by Crippen LogP contribution is 2.43. The van der Waals surface area contributed by atoms with E-state index in [1.54, 1.807) is 0 Å². The predicted octanol–water partition coefficient (Wildman–Crippen LogP) is 6.01. The van der Waals surface area contributed by atoms with Crippen molar-refractivity contribution in [1.29, 1.82) is 0 Å². The van der Waals surface area contributed by atoms with Crippen molar-refractivity contribution in [3.8, 4) is 0 Å². The fourth-order valence-electron chi connectivity index (χ4n) is 4.81. The first-order valence-corrected chi connectivity index (χ1v) is 8.97. The Hall–Kier alpha value is -0.780. The molecule has 0 N–H and O–H groups in total. The molecular formula is C20H30. The lowest BCUT2D eigenvalue weighted by Crippen LogP contribution is -2.20. The van der Waals surface area contributed by atoms with Gasteiger partial charge < -0.3 is 0 Å². The van der Waals surface area contributed by atoms with Crippen LogP contribution >= 0.6 is 0 Å². The van der Waals surface area contributed by atoms with Gasteiger partial charge in [-0.1, -0.05) is 81.7 Å². The van der Waals surface area contributed by atoms with Crippen LogP contribution in [0, 0.1) is 17.8 Å². The summed E-state index contributed by atoms with van der Waals surface area (Å²) in [5.41, 5.74) is 1.53. The third-order valence-electron chi connectivity index (χ3n) is 5.86. The van der Waals surface area contributed by atoms with Crippen molar-refractivity contribution in [3.63, 3.8) is 0 Å². The first-order valence-electron chi connectivity index (χ1n) is 8.97. The molecule has 3 rings (SSSR count). The molecule has 2 fully saturated rings. The molecule has 0 saturated heterocycles. The first kappa shape index (κ1) is 14.2. The van der Waals surface area contributed by atoms with Crippen molar-refractivity contribution >= 4 is 0 Å². The topological polar surface area (TPSA) is 0 Å². The second-order valence-corrected chi connectivity index (χ2v) is 7.13. The first-order chi connectivity index (χ1) is 9.93. The van der Waals surface area contributed by atoms with Gasteiger partial charge in [-0.05, 0) is 42.6 Å². The number of hydrogen-bond acceptors (Lipinski definition) is 0. The van der Waals surface area contributed by atoms with E-state index in [9.17, 15) is 0 Å². The van der Waals surface area contributed by atoms with Crippen molar-refractivity contribution in [1.82, 2.24) is 0 Å². The molecule has 2 aliphatic carbocycles. The van der Waals surface area contributed by atoms with Gasteiger partial charge in [0.1, 0.15) is 0 Å². The van der Waals surface area contributed by atoms with Crippen molar-refractivity contribution in [2.24, 2.45) is 17.8 Å². The maximum atomic E-state index is 2.29. The summed E-state index contributed by atoms with van der Waals surface area (Å²) in [5.74, 6) is 3.21. The Kier molecular flexibility index (Phi) is 5.17. The van der Waals surface area contributed by atoms with Crippen LogP contribution < -0.4 is 0 Å². The highest BCUT2D eigenvalue weighted by molar-refractivity contribution is 5.14. The molecule has 0 heterocycles. The molecule has 0 amide bonds. The second-order valence-electron chi connectivity index (χ2n) is 7.13. The maximum Gasteiger partial charge on any atom is -0.0279 e. The quantitative estimate of drug-likeness (QED) is 0.594. The van der Waals surface area contributed by atoms with Gasteiger partial charge in [-0.3, -0.25) is 0 Å². The summed E-state index contributed by atoms with van der Waals surface area (Å²) >= 11 is 0. The molecule has 0 atom stereocenters. The van der Waals surface area contributed by atoms with Gasteiger partial charge in [-0.25, -0.2) is 0 Å². The lowest BCUT2D eigenvalue weighted by atomic mass is 9.76. The van der Waals surface area contributed by atoms with E-state index in [1.807, 2.05) is 0 Å². The molecule has 0 radical (unpaired) electrons. The maximum absolute atomic E-state index is 2.29. The molecule has 0 aromatic heterocycles. The van der Waals surface area contributed by atoms with Gasteiger partial charge in [-0.15, -0.1) is 0 Å². The molecular weight excluding hydrogens is 240 g/mol. The van der Waals surface area contributed by atoms with Crippen LogP contribution in [0.5, 0.6) is 0 Å². The number of hydrogen-bond donors (Lipinski definition) is 0. The Bertz CT molecular complexity index is 352. The van der Waals surface area contributed by atoms with Gasteiger partial charge >= 0.3 is 0 Å². The predicted molar refractivity (Wildman–Crippen MR) is 86.8 cm³/mol. The third-order valence-corrected chi connectivity index (χ3v) is 5.86. The Morgan fingerprint density at radius 3 is 1.90 bits per heavy atom. The van der Waals surface area contributed by atoms with Crippen LogP contribution in [0.4, 0.5) is 0 Å². The normalized spacial score (nSPS) is 21.1. The average molecular weight is 270 g/mol. The summed E-state index contributed by atoms with van der Waals surface area (Å²) < 4.78 is 0. The molecule has 0 spiro atoms. The second kappa shape index (κ2) is 7.29. The summed E-state index contributed by atoms with van der Waals surface area (Å²) in [6.07, 6.45) is 16.3. The lowest BCUT2D eigenvalue weighted by Gasteiger charge is -2.29. The zero-order valence-corrected chi connectivity index (χ0v) is 12.9. The van der Waals surface area contributed by atoms with Crippen molar-refractivity contribution in [3.05, 3.63) is 35.9 Å². The summed E-state index contributed by atoms with van der Waals surface area (Å²) in [5, 5.41) is 0. The molecule has 20 heavy (non-hydrogen) atoms. The Balaban J connectivity index is 1.52.